The van der Waals surface area contributed by atoms with Crippen molar-refractivity contribution in [3.8, 4) is 5.75 Å². The van der Waals surface area contributed by atoms with Crippen LogP contribution in [0.2, 0.25) is 0 Å². The molecule has 1 aliphatic carbocycles. The molecule has 222 valence electrons. The standard InChI is InChI=1S/C26H29F4N5O5S/c1-26(37)10-2-3-20(26)35-22-16(13-19(23(35)36)40-24(29)30)14-31-25(33-22)32-17-8-11-34(12-9-17)41(38,39)18-6-4-15(5-7-18)21(27)28/h4-7,13-14,17,20-21,24,37H,2-3,8-12H2,1H3,(H,31,32,33)/t20-,26-/m1/s1. The topological polar surface area (TPSA) is 127 Å². The van der Waals surface area contributed by atoms with Crippen LogP contribution in [0.1, 0.15) is 57.1 Å². The Hall–Kier alpha value is -3.30. The van der Waals surface area contributed by atoms with E-state index in [9.17, 15) is 35.9 Å². The summed E-state index contributed by atoms with van der Waals surface area (Å²) in [6.45, 7) is -1.31. The Kier molecular flexibility index (Phi) is 7.96. The van der Waals surface area contributed by atoms with E-state index < -0.39 is 46.0 Å². The van der Waals surface area contributed by atoms with E-state index in [1.54, 1.807) is 6.92 Å². The number of halogens is 4. The summed E-state index contributed by atoms with van der Waals surface area (Å²) in [6.07, 6.45) is 0.928. The van der Waals surface area contributed by atoms with Crippen LogP contribution in [0.25, 0.3) is 11.0 Å². The molecule has 1 saturated heterocycles. The zero-order valence-electron chi connectivity index (χ0n) is 22.0. The van der Waals surface area contributed by atoms with E-state index in [4.69, 9.17) is 0 Å². The van der Waals surface area contributed by atoms with E-state index in [-0.39, 0.29) is 46.6 Å². The summed E-state index contributed by atoms with van der Waals surface area (Å²) in [5.41, 5.74) is -2.22. The quantitative estimate of drug-likeness (QED) is 0.371. The Morgan fingerprint density at radius 1 is 1.12 bits per heavy atom. The molecular formula is C26H29F4N5O5S. The maximum atomic E-state index is 13.2. The summed E-state index contributed by atoms with van der Waals surface area (Å²) in [5.74, 6) is -0.424. The Labute approximate surface area is 233 Å². The number of aromatic nitrogens is 3. The minimum absolute atomic E-state index is 0.0675. The summed E-state index contributed by atoms with van der Waals surface area (Å²) in [6, 6.07) is 4.73. The molecule has 1 aliphatic heterocycles. The van der Waals surface area contributed by atoms with Crippen molar-refractivity contribution in [2.75, 3.05) is 18.4 Å². The molecule has 2 aliphatic rings. The van der Waals surface area contributed by atoms with Crippen LogP contribution in [0.15, 0.2) is 46.2 Å². The molecule has 5 rings (SSSR count). The van der Waals surface area contributed by atoms with Crippen molar-refractivity contribution in [2.24, 2.45) is 0 Å². The molecule has 2 fully saturated rings. The Morgan fingerprint density at radius 2 is 1.80 bits per heavy atom. The van der Waals surface area contributed by atoms with E-state index in [0.29, 0.717) is 32.1 Å². The highest BCUT2D eigenvalue weighted by molar-refractivity contribution is 7.89. The Morgan fingerprint density at radius 3 is 2.39 bits per heavy atom. The van der Waals surface area contributed by atoms with Crippen molar-refractivity contribution in [3.05, 3.63) is 52.4 Å². The lowest BCUT2D eigenvalue weighted by Gasteiger charge is -2.32. The molecule has 0 radical (unpaired) electrons. The monoisotopic (exact) mass is 599 g/mol. The number of anilines is 1. The summed E-state index contributed by atoms with van der Waals surface area (Å²) >= 11 is 0. The fraction of sp³-hybridized carbons (Fsp3) is 0.500. The van der Waals surface area contributed by atoms with Crippen molar-refractivity contribution < 1.29 is 35.8 Å². The van der Waals surface area contributed by atoms with Gasteiger partial charge in [-0.1, -0.05) is 12.1 Å². The van der Waals surface area contributed by atoms with Gasteiger partial charge in [-0.2, -0.15) is 18.1 Å². The van der Waals surface area contributed by atoms with Crippen LogP contribution in [-0.2, 0) is 10.0 Å². The first-order valence-electron chi connectivity index (χ1n) is 13.1. The number of nitrogens with zero attached hydrogens (tertiary/aromatic N) is 4. The van der Waals surface area contributed by atoms with Gasteiger partial charge in [-0.15, -0.1) is 0 Å². The predicted octanol–water partition coefficient (Wildman–Crippen LogP) is 4.07. The molecule has 1 aromatic carbocycles. The summed E-state index contributed by atoms with van der Waals surface area (Å²) in [5, 5.41) is 14.3. The summed E-state index contributed by atoms with van der Waals surface area (Å²) in [4.78, 5) is 21.9. The smallest absolute Gasteiger partial charge is 0.387 e. The van der Waals surface area contributed by atoms with Gasteiger partial charge in [-0.3, -0.25) is 9.36 Å². The number of pyridine rings is 1. The number of hydrogen-bond acceptors (Lipinski definition) is 8. The number of alkyl halides is 4. The van der Waals surface area contributed by atoms with E-state index in [2.05, 4.69) is 20.0 Å². The van der Waals surface area contributed by atoms with Gasteiger partial charge in [-0.05, 0) is 57.2 Å². The molecule has 10 nitrogen and oxygen atoms in total. The molecule has 0 bridgehead atoms. The minimum atomic E-state index is -3.87. The van der Waals surface area contributed by atoms with Crippen LogP contribution in [0.5, 0.6) is 5.75 Å². The zero-order valence-corrected chi connectivity index (χ0v) is 22.8. The highest BCUT2D eigenvalue weighted by Crippen LogP contribution is 2.40. The highest BCUT2D eigenvalue weighted by Gasteiger charge is 2.40. The maximum Gasteiger partial charge on any atom is 0.387 e. The molecule has 41 heavy (non-hydrogen) atoms. The minimum Gasteiger partial charge on any atom is -0.429 e. The van der Waals surface area contributed by atoms with Crippen LogP contribution >= 0.6 is 0 Å². The van der Waals surface area contributed by atoms with E-state index in [1.807, 2.05) is 0 Å². The molecule has 0 spiro atoms. The first-order valence-corrected chi connectivity index (χ1v) is 14.5. The van der Waals surface area contributed by atoms with Crippen LogP contribution < -0.4 is 15.6 Å². The number of ether oxygens (including phenoxy) is 1. The number of hydrogen-bond donors (Lipinski definition) is 2. The first kappa shape index (κ1) is 29.2. The second kappa shape index (κ2) is 11.2. The van der Waals surface area contributed by atoms with E-state index >= 15 is 0 Å². The third kappa shape index (κ3) is 5.88. The lowest BCUT2D eigenvalue weighted by atomic mass is 10.00. The van der Waals surface area contributed by atoms with Crippen molar-refractivity contribution in [1.29, 1.82) is 0 Å². The van der Waals surface area contributed by atoms with Crippen LogP contribution in [0, 0.1) is 0 Å². The lowest BCUT2D eigenvalue weighted by molar-refractivity contribution is -0.0513. The largest absolute Gasteiger partial charge is 0.429 e. The van der Waals surface area contributed by atoms with Gasteiger partial charge in [0.25, 0.3) is 12.0 Å². The molecule has 2 aromatic heterocycles. The number of nitrogens with one attached hydrogen (secondary N) is 1. The van der Waals surface area contributed by atoms with Crippen molar-refractivity contribution >= 4 is 27.0 Å². The zero-order chi connectivity index (χ0) is 29.5. The number of benzene rings is 1. The van der Waals surface area contributed by atoms with Crippen molar-refractivity contribution in [1.82, 2.24) is 18.8 Å². The highest BCUT2D eigenvalue weighted by atomic mass is 32.2. The van der Waals surface area contributed by atoms with Crippen molar-refractivity contribution in [3.63, 3.8) is 0 Å². The molecule has 0 amide bonds. The fourth-order valence-corrected chi connectivity index (χ4v) is 7.00. The number of sulfonamides is 1. The second-order valence-corrected chi connectivity index (χ2v) is 12.4. The third-order valence-corrected chi connectivity index (χ3v) is 9.62. The molecule has 2 N–H and O–H groups in total. The molecule has 3 aromatic rings. The van der Waals surface area contributed by atoms with Gasteiger partial charge in [0.15, 0.2) is 5.75 Å². The van der Waals surface area contributed by atoms with Gasteiger partial charge in [0, 0.05) is 36.3 Å². The molecule has 3 heterocycles. The molecular weight excluding hydrogens is 570 g/mol. The van der Waals surface area contributed by atoms with Crippen LogP contribution in [0.3, 0.4) is 0 Å². The number of aliphatic hydroxyl groups is 1. The Bertz CT molecular complexity index is 1580. The molecule has 15 heteroatoms. The normalized spacial score (nSPS) is 22.6. The first-order chi connectivity index (χ1) is 19.4. The maximum absolute atomic E-state index is 13.2. The summed E-state index contributed by atoms with van der Waals surface area (Å²) < 4.78 is 84.6. The van der Waals surface area contributed by atoms with Crippen LogP contribution in [-0.4, -0.2) is 63.7 Å². The van der Waals surface area contributed by atoms with Gasteiger partial charge in [0.2, 0.25) is 16.0 Å². The average molecular weight is 600 g/mol. The molecule has 0 unspecified atom stereocenters. The summed E-state index contributed by atoms with van der Waals surface area (Å²) in [7, 11) is -3.87. The Balaban J connectivity index is 1.36. The van der Waals surface area contributed by atoms with Gasteiger partial charge >= 0.3 is 6.61 Å². The molecule has 2 atom stereocenters. The average Bonchev–Trinajstić information content (AvgIpc) is 3.27. The molecule has 1 saturated carbocycles. The number of piperidine rings is 1. The predicted molar refractivity (Wildman–Crippen MR) is 141 cm³/mol. The second-order valence-electron chi connectivity index (χ2n) is 10.5. The van der Waals surface area contributed by atoms with E-state index in [0.717, 1.165) is 18.2 Å². The van der Waals surface area contributed by atoms with E-state index in [1.165, 1.54) is 27.2 Å². The van der Waals surface area contributed by atoms with Gasteiger partial charge < -0.3 is 15.2 Å². The SMILES string of the molecule is C[C@@]1(O)CCC[C@H]1n1c(=O)c(OC(F)F)cc2cnc(NC3CCN(S(=O)(=O)c4ccc(C(F)F)cc4)CC3)nc21. The van der Waals surface area contributed by atoms with Gasteiger partial charge in [0.05, 0.1) is 16.5 Å². The fourth-order valence-electron chi connectivity index (χ4n) is 5.53. The third-order valence-electron chi connectivity index (χ3n) is 7.70. The number of fused-ring (bicyclic) bond motifs is 1. The lowest BCUT2D eigenvalue weighted by Crippen LogP contribution is -2.42. The number of rotatable bonds is 8. The van der Waals surface area contributed by atoms with Crippen molar-refractivity contribution in [2.45, 2.75) is 74.6 Å². The van der Waals surface area contributed by atoms with Gasteiger partial charge in [0.1, 0.15) is 5.65 Å². The van der Waals surface area contributed by atoms with Crippen LogP contribution in [0.4, 0.5) is 23.5 Å². The van der Waals surface area contributed by atoms with Gasteiger partial charge in [-0.25, -0.2) is 22.2 Å².